The highest BCUT2D eigenvalue weighted by atomic mass is 16.5. The number of ether oxygens (including phenoxy) is 1. The van der Waals surface area contributed by atoms with Crippen LogP contribution in [0.5, 0.6) is 5.75 Å². The molecule has 25 heavy (non-hydrogen) atoms. The Labute approximate surface area is 146 Å². The van der Waals surface area contributed by atoms with Gasteiger partial charge in [0.2, 0.25) is 0 Å². The van der Waals surface area contributed by atoms with Gasteiger partial charge in [0.15, 0.2) is 0 Å². The average molecular weight is 345 g/mol. The molecule has 0 fully saturated rings. The van der Waals surface area contributed by atoms with Crippen molar-refractivity contribution in [1.82, 2.24) is 5.32 Å². The van der Waals surface area contributed by atoms with Gasteiger partial charge in [-0.05, 0) is 37.1 Å². The third-order valence-corrected chi connectivity index (χ3v) is 3.89. The second-order valence-electron chi connectivity index (χ2n) is 5.64. The van der Waals surface area contributed by atoms with E-state index in [9.17, 15) is 14.7 Å². The van der Waals surface area contributed by atoms with E-state index in [0.717, 1.165) is 11.3 Å². The van der Waals surface area contributed by atoms with Crippen LogP contribution in [-0.4, -0.2) is 30.1 Å². The van der Waals surface area contributed by atoms with Crippen LogP contribution in [0.2, 0.25) is 0 Å². The number of hydrogen-bond acceptors (Lipinski definition) is 4. The van der Waals surface area contributed by atoms with Crippen LogP contribution in [0, 0.1) is 5.92 Å². The first-order valence-electron chi connectivity index (χ1n) is 8.34. The van der Waals surface area contributed by atoms with Gasteiger partial charge in [0.05, 0.1) is 24.4 Å². The maximum absolute atomic E-state index is 12.2. The van der Waals surface area contributed by atoms with E-state index >= 15 is 0 Å². The lowest BCUT2D eigenvalue weighted by Gasteiger charge is -2.14. The number of carboxylic acids is 1. The van der Waals surface area contributed by atoms with Crippen LogP contribution in [-0.2, 0) is 17.6 Å². The van der Waals surface area contributed by atoms with Gasteiger partial charge in [-0.25, -0.2) is 0 Å². The van der Waals surface area contributed by atoms with E-state index in [1.807, 2.05) is 38.1 Å². The van der Waals surface area contributed by atoms with Crippen molar-refractivity contribution in [3.8, 4) is 5.75 Å². The van der Waals surface area contributed by atoms with Crippen molar-refractivity contribution in [2.75, 3.05) is 13.2 Å². The highest BCUT2D eigenvalue weighted by Gasteiger charge is 2.21. The van der Waals surface area contributed by atoms with E-state index in [1.165, 1.54) is 6.26 Å². The van der Waals surface area contributed by atoms with Crippen molar-refractivity contribution in [1.29, 1.82) is 0 Å². The molecule has 1 aromatic carbocycles. The molecule has 1 amide bonds. The van der Waals surface area contributed by atoms with Crippen molar-refractivity contribution in [2.45, 2.75) is 26.7 Å². The minimum atomic E-state index is -0.947. The minimum absolute atomic E-state index is 0.0513. The van der Waals surface area contributed by atoms with E-state index < -0.39 is 11.9 Å². The zero-order chi connectivity index (χ0) is 18.2. The number of nitrogens with one attached hydrogen (secondary N) is 1. The van der Waals surface area contributed by atoms with E-state index in [0.29, 0.717) is 30.8 Å². The molecular formula is C19H23NO5. The number of rotatable bonds is 9. The Bertz CT molecular complexity index is 705. The largest absolute Gasteiger partial charge is 0.494 e. The molecule has 0 radical (unpaired) electrons. The average Bonchev–Trinajstić information content (AvgIpc) is 3.08. The summed E-state index contributed by atoms with van der Waals surface area (Å²) < 4.78 is 10.6. The fourth-order valence-electron chi connectivity index (χ4n) is 2.55. The summed E-state index contributed by atoms with van der Waals surface area (Å²) in [6, 6.07) is 8.91. The lowest BCUT2D eigenvalue weighted by molar-refractivity contribution is -0.141. The van der Waals surface area contributed by atoms with Crippen molar-refractivity contribution in [3.63, 3.8) is 0 Å². The summed E-state index contributed by atoms with van der Waals surface area (Å²) in [4.78, 5) is 23.7. The van der Waals surface area contributed by atoms with Crippen LogP contribution in [0.3, 0.4) is 0 Å². The maximum atomic E-state index is 12.2. The monoisotopic (exact) mass is 345 g/mol. The molecule has 6 nitrogen and oxygen atoms in total. The van der Waals surface area contributed by atoms with Gasteiger partial charge in [0, 0.05) is 13.0 Å². The molecule has 0 bridgehead atoms. The van der Waals surface area contributed by atoms with Crippen LogP contribution < -0.4 is 10.1 Å². The van der Waals surface area contributed by atoms with Crippen molar-refractivity contribution < 1.29 is 23.8 Å². The minimum Gasteiger partial charge on any atom is -0.494 e. The number of furan rings is 1. The highest BCUT2D eigenvalue weighted by Crippen LogP contribution is 2.16. The fourth-order valence-corrected chi connectivity index (χ4v) is 2.55. The summed E-state index contributed by atoms with van der Waals surface area (Å²) in [6.45, 7) is 4.43. The third-order valence-electron chi connectivity index (χ3n) is 3.89. The molecule has 2 N–H and O–H groups in total. The molecule has 0 saturated heterocycles. The van der Waals surface area contributed by atoms with Crippen LogP contribution in [0.25, 0.3) is 0 Å². The van der Waals surface area contributed by atoms with Gasteiger partial charge in [0.25, 0.3) is 5.91 Å². The van der Waals surface area contributed by atoms with Gasteiger partial charge in [-0.15, -0.1) is 0 Å². The normalized spacial score (nSPS) is 11.8. The Balaban J connectivity index is 1.96. The molecule has 1 aromatic heterocycles. The van der Waals surface area contributed by atoms with Gasteiger partial charge >= 0.3 is 5.97 Å². The van der Waals surface area contributed by atoms with Crippen LogP contribution in [0.15, 0.2) is 41.0 Å². The maximum Gasteiger partial charge on any atom is 0.308 e. The summed E-state index contributed by atoms with van der Waals surface area (Å²) in [6.07, 6.45) is 2.39. The predicted molar refractivity (Wildman–Crippen MR) is 92.9 cm³/mol. The number of aliphatic carboxylic acids is 1. The Morgan fingerprint density at radius 2 is 1.92 bits per heavy atom. The summed E-state index contributed by atoms with van der Waals surface area (Å²) >= 11 is 0. The summed E-state index contributed by atoms with van der Waals surface area (Å²) in [5.41, 5.74) is 1.33. The van der Waals surface area contributed by atoms with Gasteiger partial charge in [-0.2, -0.15) is 0 Å². The fraction of sp³-hybridized carbons (Fsp3) is 0.368. The van der Waals surface area contributed by atoms with Gasteiger partial charge in [-0.1, -0.05) is 19.1 Å². The molecule has 1 heterocycles. The lowest BCUT2D eigenvalue weighted by atomic mass is 9.99. The Kier molecular flexibility index (Phi) is 6.62. The third kappa shape index (κ3) is 5.11. The van der Waals surface area contributed by atoms with Crippen LogP contribution in [0.4, 0.5) is 0 Å². The molecule has 0 spiro atoms. The standard InChI is InChI=1S/C19H23NO5/c1-3-17-16(9-10-25-17)18(21)20-12-14(19(22)23)11-13-5-7-15(8-6-13)24-4-2/h5-10,14H,3-4,11-12H2,1-2H3,(H,20,21)(H,22,23). The topological polar surface area (TPSA) is 88.8 Å². The second kappa shape index (κ2) is 8.92. The van der Waals surface area contributed by atoms with Crippen molar-refractivity contribution >= 4 is 11.9 Å². The van der Waals surface area contributed by atoms with E-state index in [1.54, 1.807) is 6.07 Å². The van der Waals surface area contributed by atoms with Crippen LogP contribution in [0.1, 0.15) is 35.5 Å². The molecule has 1 atom stereocenters. The van der Waals surface area contributed by atoms with E-state index in [4.69, 9.17) is 9.15 Å². The number of benzene rings is 1. The molecule has 0 aliphatic carbocycles. The van der Waals surface area contributed by atoms with Gasteiger partial charge in [0.1, 0.15) is 11.5 Å². The van der Waals surface area contributed by atoms with E-state index in [-0.39, 0.29) is 12.5 Å². The molecular weight excluding hydrogens is 322 g/mol. The van der Waals surface area contributed by atoms with Gasteiger partial charge < -0.3 is 19.6 Å². The summed E-state index contributed by atoms with van der Waals surface area (Å²) in [7, 11) is 0. The Hall–Kier alpha value is -2.76. The first-order chi connectivity index (χ1) is 12.0. The molecule has 0 aliphatic rings. The molecule has 1 unspecified atom stereocenters. The number of hydrogen-bond donors (Lipinski definition) is 2. The van der Waals surface area contributed by atoms with Crippen molar-refractivity contribution in [3.05, 3.63) is 53.5 Å². The molecule has 0 saturated carbocycles. The molecule has 2 rings (SSSR count). The summed E-state index contributed by atoms with van der Waals surface area (Å²) in [5.74, 6) is -0.631. The van der Waals surface area contributed by atoms with E-state index in [2.05, 4.69) is 5.32 Å². The molecule has 0 aliphatic heterocycles. The highest BCUT2D eigenvalue weighted by molar-refractivity contribution is 5.95. The zero-order valence-electron chi connectivity index (χ0n) is 14.5. The zero-order valence-corrected chi connectivity index (χ0v) is 14.5. The number of carbonyl (C=O) groups excluding carboxylic acids is 1. The number of amides is 1. The Morgan fingerprint density at radius 3 is 2.52 bits per heavy atom. The van der Waals surface area contributed by atoms with Gasteiger partial charge in [-0.3, -0.25) is 9.59 Å². The first-order valence-corrected chi connectivity index (χ1v) is 8.34. The smallest absolute Gasteiger partial charge is 0.308 e. The number of carbonyl (C=O) groups is 2. The summed E-state index contributed by atoms with van der Waals surface area (Å²) in [5, 5.41) is 12.1. The molecule has 6 heteroatoms. The van der Waals surface area contributed by atoms with Crippen LogP contribution >= 0.6 is 0 Å². The Morgan fingerprint density at radius 1 is 1.20 bits per heavy atom. The second-order valence-corrected chi connectivity index (χ2v) is 5.64. The quantitative estimate of drug-likeness (QED) is 0.729. The SMILES string of the molecule is CCOc1ccc(CC(CNC(=O)c2ccoc2CC)C(=O)O)cc1. The predicted octanol–water partition coefficient (Wildman–Crippen LogP) is 2.91. The molecule has 134 valence electrons. The number of carboxylic acid groups (broad SMARTS) is 1. The molecule has 2 aromatic rings. The number of aryl methyl sites for hydroxylation is 1. The first kappa shape index (κ1) is 18.6. The van der Waals surface area contributed by atoms with Crippen molar-refractivity contribution in [2.24, 2.45) is 5.92 Å². The lowest BCUT2D eigenvalue weighted by Crippen LogP contribution is -2.34.